The zero-order valence-electron chi connectivity index (χ0n) is 10.3. The monoisotopic (exact) mass is 300 g/mol. The van der Waals surface area contributed by atoms with Crippen LogP contribution in [-0.4, -0.2) is 31.3 Å². The summed E-state index contributed by atoms with van der Waals surface area (Å²) in [6.45, 7) is 1.09. The molecule has 1 unspecified atom stereocenters. The van der Waals surface area contributed by atoms with Crippen LogP contribution in [0.25, 0.3) is 0 Å². The van der Waals surface area contributed by atoms with E-state index in [1.165, 1.54) is 0 Å². The molecule has 108 valence electrons. The molecule has 1 atom stereocenters. The Labute approximate surface area is 114 Å². The van der Waals surface area contributed by atoms with Crippen molar-refractivity contribution in [3.8, 4) is 5.75 Å². The number of sulfonamides is 1. The maximum absolute atomic E-state index is 11.1. The van der Waals surface area contributed by atoms with Gasteiger partial charge >= 0.3 is 0 Å². The van der Waals surface area contributed by atoms with E-state index in [4.69, 9.17) is 10.9 Å². The molecule has 0 fully saturated rings. The topological polar surface area (TPSA) is 165 Å². The lowest BCUT2D eigenvalue weighted by atomic mass is 10.2. The van der Waals surface area contributed by atoms with Crippen LogP contribution in [0.2, 0.25) is 0 Å². The number of primary amides is 1. The van der Waals surface area contributed by atoms with E-state index in [2.05, 4.69) is 10.2 Å². The molecule has 1 amide bonds. The molecular weight excluding hydrogens is 288 g/mol. The van der Waals surface area contributed by atoms with Crippen LogP contribution in [0, 0.1) is 0 Å². The fourth-order valence-corrected chi connectivity index (χ4v) is 1.75. The third kappa shape index (κ3) is 3.83. The quantitative estimate of drug-likeness (QED) is 0.494. The zero-order chi connectivity index (χ0) is 15.5. The lowest BCUT2D eigenvalue weighted by molar-refractivity contribution is -0.127. The minimum Gasteiger partial charge on any atom is -0.506 e. The van der Waals surface area contributed by atoms with Crippen LogP contribution >= 0.6 is 0 Å². The second kappa shape index (κ2) is 5.75. The number of aromatic hydroxyl groups is 1. The van der Waals surface area contributed by atoms with E-state index in [9.17, 15) is 23.1 Å². The number of Topliss-reactive ketones (excluding diaryl/α,β-unsaturated/α-hetero) is 1. The highest BCUT2D eigenvalue weighted by Gasteiger charge is 2.20. The summed E-state index contributed by atoms with van der Waals surface area (Å²) in [4.78, 5) is 21.7. The third-order valence-corrected chi connectivity index (χ3v) is 3.12. The van der Waals surface area contributed by atoms with E-state index in [1.54, 1.807) is 0 Å². The SMILES string of the molecule is CC(=O)C(N=Nc1cc(S(N)(=O)=O)ccc1O)C(N)=O. The van der Waals surface area contributed by atoms with Crippen molar-refractivity contribution >= 4 is 27.4 Å². The van der Waals surface area contributed by atoms with Gasteiger partial charge in [0.25, 0.3) is 5.91 Å². The van der Waals surface area contributed by atoms with Crippen LogP contribution in [0.3, 0.4) is 0 Å². The van der Waals surface area contributed by atoms with E-state index in [1.807, 2.05) is 0 Å². The summed E-state index contributed by atoms with van der Waals surface area (Å²) in [6.07, 6.45) is 0. The maximum atomic E-state index is 11.1. The molecule has 0 aliphatic carbocycles. The van der Waals surface area contributed by atoms with Crippen LogP contribution in [0.5, 0.6) is 5.75 Å². The summed E-state index contributed by atoms with van der Waals surface area (Å²) < 4.78 is 22.3. The van der Waals surface area contributed by atoms with Gasteiger partial charge < -0.3 is 10.8 Å². The normalized spacial score (nSPS) is 13.3. The van der Waals surface area contributed by atoms with Gasteiger partial charge in [0.1, 0.15) is 11.4 Å². The van der Waals surface area contributed by atoms with Gasteiger partial charge in [-0.3, -0.25) is 9.59 Å². The van der Waals surface area contributed by atoms with Crippen molar-refractivity contribution < 1.29 is 23.1 Å². The van der Waals surface area contributed by atoms with Crippen LogP contribution < -0.4 is 10.9 Å². The van der Waals surface area contributed by atoms with Crippen molar-refractivity contribution in [1.82, 2.24) is 0 Å². The first-order valence-electron chi connectivity index (χ1n) is 5.19. The van der Waals surface area contributed by atoms with Gasteiger partial charge in [-0.1, -0.05) is 0 Å². The van der Waals surface area contributed by atoms with Crippen molar-refractivity contribution in [2.45, 2.75) is 17.9 Å². The number of nitrogens with zero attached hydrogens (tertiary/aromatic N) is 2. The Hall–Kier alpha value is -2.33. The second-order valence-corrected chi connectivity index (χ2v) is 5.39. The van der Waals surface area contributed by atoms with Crippen molar-refractivity contribution in [2.75, 3.05) is 0 Å². The molecule has 0 spiro atoms. The average molecular weight is 300 g/mol. The molecule has 1 rings (SSSR count). The minimum absolute atomic E-state index is 0.260. The molecule has 0 bridgehead atoms. The van der Waals surface area contributed by atoms with Crippen LogP contribution in [0.15, 0.2) is 33.3 Å². The molecule has 0 aromatic heterocycles. The van der Waals surface area contributed by atoms with Gasteiger partial charge in [-0.2, -0.15) is 10.2 Å². The molecule has 0 aliphatic heterocycles. The minimum atomic E-state index is -3.98. The van der Waals surface area contributed by atoms with Crippen LogP contribution in [0.4, 0.5) is 5.69 Å². The molecule has 5 N–H and O–H groups in total. The number of rotatable bonds is 5. The van der Waals surface area contributed by atoms with Gasteiger partial charge in [0.2, 0.25) is 16.1 Å². The summed E-state index contributed by atoms with van der Waals surface area (Å²) in [6, 6.07) is 1.56. The molecule has 0 aliphatic rings. The van der Waals surface area contributed by atoms with Crippen LogP contribution in [0.1, 0.15) is 6.92 Å². The van der Waals surface area contributed by atoms with Gasteiger partial charge in [0.15, 0.2) is 5.78 Å². The number of phenols is 1. The number of hydrogen-bond acceptors (Lipinski definition) is 7. The molecule has 0 heterocycles. The van der Waals surface area contributed by atoms with Crippen molar-refractivity contribution in [3.05, 3.63) is 18.2 Å². The second-order valence-electron chi connectivity index (χ2n) is 3.83. The van der Waals surface area contributed by atoms with Gasteiger partial charge in [0, 0.05) is 0 Å². The number of azo groups is 1. The Bertz CT molecular complexity index is 669. The van der Waals surface area contributed by atoms with E-state index >= 15 is 0 Å². The predicted molar refractivity (Wildman–Crippen MR) is 67.7 cm³/mol. The smallest absolute Gasteiger partial charge is 0.251 e. The molecule has 10 heteroatoms. The molecule has 9 nitrogen and oxygen atoms in total. The highest BCUT2D eigenvalue weighted by molar-refractivity contribution is 7.89. The Kier molecular flexibility index (Phi) is 4.53. The summed E-state index contributed by atoms with van der Waals surface area (Å²) in [5.41, 5.74) is 4.69. The summed E-state index contributed by atoms with van der Waals surface area (Å²) in [7, 11) is -3.98. The van der Waals surface area contributed by atoms with Crippen molar-refractivity contribution in [2.24, 2.45) is 21.1 Å². The number of primary sulfonamides is 1. The standard InChI is InChI=1S/C10H12N4O5S/c1-5(15)9(10(11)17)14-13-7-4-6(20(12,18)19)2-3-8(7)16/h2-4,9,16H,1H3,(H2,11,17)(H2,12,18,19). The molecule has 1 aromatic rings. The van der Waals surface area contributed by atoms with Gasteiger partial charge in [-0.25, -0.2) is 13.6 Å². The van der Waals surface area contributed by atoms with Crippen LogP contribution in [-0.2, 0) is 19.6 Å². The Morgan fingerprint density at radius 1 is 1.35 bits per heavy atom. The number of carbonyl (C=O) groups is 2. The van der Waals surface area contributed by atoms with E-state index in [0.29, 0.717) is 0 Å². The number of amides is 1. The Morgan fingerprint density at radius 2 is 1.95 bits per heavy atom. The lowest BCUT2D eigenvalue weighted by Crippen LogP contribution is -2.32. The summed E-state index contributed by atoms with van der Waals surface area (Å²) in [5, 5.41) is 21.3. The van der Waals surface area contributed by atoms with Crippen molar-refractivity contribution in [3.63, 3.8) is 0 Å². The Morgan fingerprint density at radius 3 is 2.40 bits per heavy atom. The van der Waals surface area contributed by atoms with E-state index in [-0.39, 0.29) is 10.6 Å². The number of carbonyl (C=O) groups excluding carboxylic acids is 2. The fraction of sp³-hybridized carbons (Fsp3) is 0.200. The fourth-order valence-electron chi connectivity index (χ4n) is 1.22. The highest BCUT2D eigenvalue weighted by atomic mass is 32.2. The van der Waals surface area contributed by atoms with E-state index < -0.39 is 33.5 Å². The largest absolute Gasteiger partial charge is 0.506 e. The van der Waals surface area contributed by atoms with Gasteiger partial charge in [0.05, 0.1) is 4.90 Å². The first kappa shape index (κ1) is 15.7. The van der Waals surface area contributed by atoms with Gasteiger partial charge in [-0.15, -0.1) is 0 Å². The number of hydrogen-bond donors (Lipinski definition) is 3. The maximum Gasteiger partial charge on any atom is 0.251 e. The lowest BCUT2D eigenvalue weighted by Gasteiger charge is -2.04. The molecule has 1 aromatic carbocycles. The molecule has 20 heavy (non-hydrogen) atoms. The average Bonchev–Trinajstić information content (AvgIpc) is 2.29. The summed E-state index contributed by atoms with van der Waals surface area (Å²) >= 11 is 0. The first-order valence-corrected chi connectivity index (χ1v) is 6.74. The van der Waals surface area contributed by atoms with Gasteiger partial charge in [-0.05, 0) is 25.1 Å². The summed E-state index contributed by atoms with van der Waals surface area (Å²) in [5.74, 6) is -2.04. The number of nitrogens with two attached hydrogens (primary N) is 2. The van der Waals surface area contributed by atoms with Crippen molar-refractivity contribution in [1.29, 1.82) is 0 Å². The number of ketones is 1. The number of phenolic OH excluding ortho intramolecular Hbond substituents is 1. The molecular formula is C10H12N4O5S. The molecule has 0 radical (unpaired) electrons. The predicted octanol–water partition coefficient (Wildman–Crippen LogP) is -0.434. The third-order valence-electron chi connectivity index (χ3n) is 2.21. The molecule has 0 saturated carbocycles. The zero-order valence-corrected chi connectivity index (χ0v) is 11.2. The number of benzene rings is 1. The molecule has 0 saturated heterocycles. The van der Waals surface area contributed by atoms with E-state index in [0.717, 1.165) is 25.1 Å². The Balaban J connectivity index is 3.21. The highest BCUT2D eigenvalue weighted by Crippen LogP contribution is 2.29. The first-order chi connectivity index (χ1) is 9.12.